The van der Waals surface area contributed by atoms with Crippen LogP contribution in [0.1, 0.15) is 11.4 Å². The molecule has 0 saturated heterocycles. The van der Waals surface area contributed by atoms with Gasteiger partial charge in [-0.3, -0.25) is 4.40 Å². The van der Waals surface area contributed by atoms with Gasteiger partial charge in [-0.25, -0.2) is 9.78 Å². The minimum atomic E-state index is -0.996. The molecule has 0 fully saturated rings. The molecule has 4 rings (SSSR count). The normalized spacial score (nSPS) is 13.3. The van der Waals surface area contributed by atoms with E-state index in [1.807, 2.05) is 34.9 Å². The fourth-order valence-corrected chi connectivity index (χ4v) is 3.46. The van der Waals surface area contributed by atoms with Crippen molar-refractivity contribution in [3.8, 4) is 22.8 Å². The molecule has 116 valence electrons. The number of ether oxygens (including phenoxy) is 2. The van der Waals surface area contributed by atoms with E-state index in [0.29, 0.717) is 11.5 Å². The second kappa shape index (κ2) is 5.13. The molecule has 0 unspecified atom stereocenters. The molecule has 1 aromatic carbocycles. The van der Waals surface area contributed by atoms with Crippen molar-refractivity contribution in [2.75, 3.05) is 6.79 Å². The minimum absolute atomic E-state index is 0.210. The lowest BCUT2D eigenvalue weighted by atomic mass is 10.1. The molecule has 1 aliphatic heterocycles. The van der Waals surface area contributed by atoms with E-state index in [-0.39, 0.29) is 6.79 Å². The summed E-state index contributed by atoms with van der Waals surface area (Å²) in [5, 5.41) is 10.9. The number of fused-ring (bicyclic) bond motifs is 2. The molecule has 1 N–H and O–H groups in total. The maximum Gasteiger partial charge on any atom is 0.328 e. The first-order chi connectivity index (χ1) is 11.1. The van der Waals surface area contributed by atoms with Crippen LogP contribution in [-0.2, 0) is 4.79 Å². The van der Waals surface area contributed by atoms with E-state index in [9.17, 15) is 4.79 Å². The summed E-state index contributed by atoms with van der Waals surface area (Å²) in [6.45, 7) is 2.18. The summed E-state index contributed by atoms with van der Waals surface area (Å²) in [5.41, 5.74) is 3.32. The summed E-state index contributed by atoms with van der Waals surface area (Å²) < 4.78 is 12.7. The average Bonchev–Trinajstić information content (AvgIpc) is 3.21. The number of carbonyl (C=O) groups is 1. The Balaban J connectivity index is 1.92. The summed E-state index contributed by atoms with van der Waals surface area (Å²) in [4.78, 5) is 16.4. The van der Waals surface area contributed by atoms with Crippen molar-refractivity contribution in [3.05, 3.63) is 41.0 Å². The van der Waals surface area contributed by atoms with Gasteiger partial charge in [-0.15, -0.1) is 11.3 Å². The Kier molecular flexibility index (Phi) is 3.09. The first-order valence-electron chi connectivity index (χ1n) is 6.91. The van der Waals surface area contributed by atoms with E-state index in [1.54, 1.807) is 6.08 Å². The number of aliphatic carboxylic acids is 1. The Morgan fingerprint density at radius 1 is 1.39 bits per heavy atom. The maximum atomic E-state index is 10.9. The monoisotopic (exact) mass is 328 g/mol. The Bertz CT molecular complexity index is 955. The molecule has 7 heteroatoms. The van der Waals surface area contributed by atoms with Gasteiger partial charge in [0.1, 0.15) is 0 Å². The summed E-state index contributed by atoms with van der Waals surface area (Å²) in [6.07, 6.45) is 2.69. The SMILES string of the molecule is Cc1csc2nc(-c3ccc4c(c3)OCO4)c(/C=C/C(=O)O)n12. The molecule has 3 heterocycles. The van der Waals surface area contributed by atoms with Crippen LogP contribution in [-0.4, -0.2) is 27.3 Å². The fourth-order valence-electron chi connectivity index (χ4n) is 2.58. The zero-order valence-corrected chi connectivity index (χ0v) is 13.0. The highest BCUT2D eigenvalue weighted by molar-refractivity contribution is 7.15. The highest BCUT2D eigenvalue weighted by Gasteiger charge is 2.19. The van der Waals surface area contributed by atoms with Gasteiger partial charge in [-0.1, -0.05) is 0 Å². The molecule has 23 heavy (non-hydrogen) atoms. The van der Waals surface area contributed by atoms with E-state index >= 15 is 0 Å². The van der Waals surface area contributed by atoms with E-state index < -0.39 is 5.97 Å². The van der Waals surface area contributed by atoms with E-state index in [0.717, 1.165) is 33.7 Å². The predicted octanol–water partition coefficient (Wildman–Crippen LogP) is 3.20. The van der Waals surface area contributed by atoms with Crippen LogP contribution in [0.15, 0.2) is 29.7 Å². The molecule has 6 nitrogen and oxygen atoms in total. The van der Waals surface area contributed by atoms with E-state index in [1.165, 1.54) is 11.3 Å². The van der Waals surface area contributed by atoms with Gasteiger partial charge in [0, 0.05) is 22.7 Å². The van der Waals surface area contributed by atoms with Crippen molar-refractivity contribution in [1.82, 2.24) is 9.38 Å². The number of aryl methyl sites for hydroxylation is 1. The molecule has 1 aliphatic rings. The van der Waals surface area contributed by atoms with Crippen LogP contribution in [0.4, 0.5) is 0 Å². The van der Waals surface area contributed by atoms with Crippen LogP contribution in [0.3, 0.4) is 0 Å². The van der Waals surface area contributed by atoms with Crippen LogP contribution < -0.4 is 9.47 Å². The quantitative estimate of drug-likeness (QED) is 0.748. The van der Waals surface area contributed by atoms with Crippen LogP contribution in [0.5, 0.6) is 11.5 Å². The number of benzene rings is 1. The molecule has 0 bridgehead atoms. The van der Waals surface area contributed by atoms with Crippen molar-refractivity contribution < 1.29 is 19.4 Å². The lowest BCUT2D eigenvalue weighted by Gasteiger charge is -2.03. The smallest absolute Gasteiger partial charge is 0.328 e. The molecular weight excluding hydrogens is 316 g/mol. The Labute approximate surface area is 135 Å². The van der Waals surface area contributed by atoms with Crippen molar-refractivity contribution >= 4 is 28.3 Å². The third-order valence-corrected chi connectivity index (χ3v) is 4.54. The molecule has 0 radical (unpaired) electrons. The largest absolute Gasteiger partial charge is 0.478 e. The Morgan fingerprint density at radius 3 is 3.04 bits per heavy atom. The maximum absolute atomic E-state index is 10.9. The molecular formula is C16H12N2O4S. The van der Waals surface area contributed by atoms with Gasteiger partial charge >= 0.3 is 5.97 Å². The number of aromatic nitrogens is 2. The third-order valence-electron chi connectivity index (χ3n) is 3.60. The van der Waals surface area contributed by atoms with Crippen molar-refractivity contribution in [1.29, 1.82) is 0 Å². The van der Waals surface area contributed by atoms with Crippen molar-refractivity contribution in [2.45, 2.75) is 6.92 Å². The number of carboxylic acids is 1. The van der Waals surface area contributed by atoms with Crippen molar-refractivity contribution in [2.24, 2.45) is 0 Å². The topological polar surface area (TPSA) is 73.1 Å². The highest BCUT2D eigenvalue weighted by Crippen LogP contribution is 2.37. The molecule has 0 aliphatic carbocycles. The number of imidazole rings is 1. The average molecular weight is 328 g/mol. The van der Waals surface area contributed by atoms with Gasteiger partial charge in [-0.05, 0) is 31.2 Å². The lowest BCUT2D eigenvalue weighted by Crippen LogP contribution is -1.93. The number of carboxylic acid groups (broad SMARTS) is 1. The van der Waals surface area contributed by atoms with Crippen LogP contribution in [0, 0.1) is 6.92 Å². The number of thiazole rings is 1. The number of hydrogen-bond donors (Lipinski definition) is 1. The van der Waals surface area contributed by atoms with Gasteiger partial charge in [0.25, 0.3) is 0 Å². The third kappa shape index (κ3) is 2.25. The van der Waals surface area contributed by atoms with Gasteiger partial charge in [0.2, 0.25) is 6.79 Å². The Hall–Kier alpha value is -2.80. The van der Waals surface area contributed by atoms with E-state index in [2.05, 4.69) is 4.98 Å². The zero-order chi connectivity index (χ0) is 16.0. The molecule has 0 saturated carbocycles. The van der Waals surface area contributed by atoms with Gasteiger partial charge < -0.3 is 14.6 Å². The molecule has 2 aromatic heterocycles. The summed E-state index contributed by atoms with van der Waals surface area (Å²) in [5.74, 6) is 0.377. The van der Waals surface area contributed by atoms with E-state index in [4.69, 9.17) is 14.6 Å². The zero-order valence-electron chi connectivity index (χ0n) is 12.1. The summed E-state index contributed by atoms with van der Waals surface area (Å²) in [6, 6.07) is 5.60. The fraction of sp³-hybridized carbons (Fsp3) is 0.125. The first-order valence-corrected chi connectivity index (χ1v) is 7.79. The summed E-state index contributed by atoms with van der Waals surface area (Å²) >= 11 is 1.52. The second-order valence-corrected chi connectivity index (χ2v) is 5.92. The van der Waals surface area contributed by atoms with Crippen molar-refractivity contribution in [3.63, 3.8) is 0 Å². The summed E-state index contributed by atoms with van der Waals surface area (Å²) in [7, 11) is 0. The van der Waals surface area contributed by atoms with Gasteiger partial charge in [0.15, 0.2) is 16.5 Å². The standard InChI is InChI=1S/C16H12N2O4S/c1-9-7-23-16-17-15(11(18(9)16)3-5-14(19)20)10-2-4-12-13(6-10)22-8-21-12/h2-7H,8H2,1H3,(H,19,20)/b5-3+. The Morgan fingerprint density at radius 2 is 2.22 bits per heavy atom. The predicted molar refractivity (Wildman–Crippen MR) is 86.0 cm³/mol. The number of hydrogen-bond acceptors (Lipinski definition) is 5. The van der Waals surface area contributed by atoms with Crippen LogP contribution in [0.25, 0.3) is 22.3 Å². The van der Waals surface area contributed by atoms with Gasteiger partial charge in [-0.2, -0.15) is 0 Å². The molecule has 0 spiro atoms. The second-order valence-electron chi connectivity index (χ2n) is 5.08. The van der Waals surface area contributed by atoms with Crippen LogP contribution >= 0.6 is 11.3 Å². The lowest BCUT2D eigenvalue weighted by molar-refractivity contribution is -0.131. The molecule has 0 amide bonds. The van der Waals surface area contributed by atoms with Gasteiger partial charge in [0.05, 0.1) is 11.4 Å². The minimum Gasteiger partial charge on any atom is -0.478 e. The molecule has 3 aromatic rings. The van der Waals surface area contributed by atoms with Crippen LogP contribution in [0.2, 0.25) is 0 Å². The molecule has 0 atom stereocenters. The number of nitrogens with zero attached hydrogens (tertiary/aromatic N) is 2. The number of rotatable bonds is 3. The first kappa shape index (κ1) is 13.8. The highest BCUT2D eigenvalue weighted by atomic mass is 32.1.